The second-order valence-corrected chi connectivity index (χ2v) is 4.67. The number of aliphatic carboxylic acids is 1. The van der Waals surface area contributed by atoms with Crippen LogP contribution >= 0.6 is 0 Å². The molecule has 2 amide bonds. The van der Waals surface area contributed by atoms with Crippen molar-refractivity contribution < 1.29 is 19.4 Å². The number of rotatable bonds is 9. The molecule has 1 aromatic rings. The highest BCUT2D eigenvalue weighted by molar-refractivity contribution is 5.73. The van der Waals surface area contributed by atoms with Gasteiger partial charge in [0.2, 0.25) is 0 Å². The maximum atomic E-state index is 11.7. The number of para-hydroxylation sites is 1. The molecule has 0 aliphatic heterocycles. The fraction of sp³-hybridized carbons (Fsp3) is 0.467. The van der Waals surface area contributed by atoms with E-state index >= 15 is 0 Å². The molecule has 0 aliphatic carbocycles. The summed E-state index contributed by atoms with van der Waals surface area (Å²) >= 11 is 0. The summed E-state index contributed by atoms with van der Waals surface area (Å²) < 4.78 is 5.51. The normalized spacial score (nSPS) is 9.95. The number of amides is 2. The monoisotopic (exact) mass is 294 g/mol. The van der Waals surface area contributed by atoms with Crippen molar-refractivity contribution in [3.8, 4) is 5.75 Å². The number of urea groups is 1. The molecule has 0 aliphatic rings. The van der Waals surface area contributed by atoms with Crippen LogP contribution in [0, 0.1) is 0 Å². The van der Waals surface area contributed by atoms with Gasteiger partial charge in [-0.05, 0) is 25.0 Å². The number of ether oxygens (including phenoxy) is 1. The third-order valence-electron chi connectivity index (χ3n) is 2.84. The molecule has 0 saturated heterocycles. The minimum absolute atomic E-state index is 0.0720. The molecule has 21 heavy (non-hydrogen) atoms. The van der Waals surface area contributed by atoms with E-state index in [1.165, 1.54) is 4.90 Å². The van der Waals surface area contributed by atoms with Crippen LogP contribution < -0.4 is 10.1 Å². The average molecular weight is 294 g/mol. The summed E-state index contributed by atoms with van der Waals surface area (Å²) in [6.45, 7) is 1.49. The number of hydrogen-bond donors (Lipinski definition) is 2. The van der Waals surface area contributed by atoms with E-state index in [0.29, 0.717) is 32.5 Å². The lowest BCUT2D eigenvalue weighted by Crippen LogP contribution is -2.38. The van der Waals surface area contributed by atoms with Crippen LogP contribution in [0.2, 0.25) is 0 Å². The van der Waals surface area contributed by atoms with Gasteiger partial charge in [0.15, 0.2) is 0 Å². The molecule has 0 radical (unpaired) electrons. The van der Waals surface area contributed by atoms with Gasteiger partial charge in [0.1, 0.15) is 5.75 Å². The van der Waals surface area contributed by atoms with Crippen molar-refractivity contribution in [2.75, 3.05) is 26.7 Å². The van der Waals surface area contributed by atoms with Gasteiger partial charge in [-0.15, -0.1) is 0 Å². The van der Waals surface area contributed by atoms with Crippen LogP contribution in [-0.2, 0) is 4.79 Å². The molecule has 0 spiro atoms. The Morgan fingerprint density at radius 3 is 2.62 bits per heavy atom. The first-order valence-electron chi connectivity index (χ1n) is 6.98. The predicted octanol–water partition coefficient (Wildman–Crippen LogP) is 1.96. The van der Waals surface area contributed by atoms with Gasteiger partial charge >= 0.3 is 12.0 Å². The molecule has 0 atom stereocenters. The van der Waals surface area contributed by atoms with Crippen LogP contribution in [0.5, 0.6) is 5.75 Å². The third kappa shape index (κ3) is 7.81. The van der Waals surface area contributed by atoms with E-state index in [4.69, 9.17) is 9.84 Å². The Morgan fingerprint density at radius 2 is 1.95 bits per heavy atom. The van der Waals surface area contributed by atoms with E-state index in [1.807, 2.05) is 30.3 Å². The zero-order valence-electron chi connectivity index (χ0n) is 12.2. The summed E-state index contributed by atoms with van der Waals surface area (Å²) in [6, 6.07) is 9.31. The lowest BCUT2D eigenvalue weighted by atomic mass is 10.3. The molecule has 0 heterocycles. The van der Waals surface area contributed by atoms with Gasteiger partial charge in [-0.2, -0.15) is 0 Å². The predicted molar refractivity (Wildman–Crippen MR) is 79.5 cm³/mol. The largest absolute Gasteiger partial charge is 0.494 e. The van der Waals surface area contributed by atoms with Crippen molar-refractivity contribution in [3.63, 3.8) is 0 Å². The first-order valence-corrected chi connectivity index (χ1v) is 6.98. The summed E-state index contributed by atoms with van der Waals surface area (Å²) in [6.07, 6.45) is 1.24. The average Bonchev–Trinajstić information content (AvgIpc) is 2.47. The molecule has 1 rings (SSSR count). The molecule has 2 N–H and O–H groups in total. The van der Waals surface area contributed by atoms with Crippen molar-refractivity contribution in [2.45, 2.75) is 19.3 Å². The smallest absolute Gasteiger partial charge is 0.317 e. The van der Waals surface area contributed by atoms with Crippen LogP contribution in [0.25, 0.3) is 0 Å². The molecule has 0 bridgehead atoms. The van der Waals surface area contributed by atoms with Crippen LogP contribution in [-0.4, -0.2) is 48.8 Å². The van der Waals surface area contributed by atoms with Gasteiger partial charge in [0.25, 0.3) is 0 Å². The maximum absolute atomic E-state index is 11.7. The van der Waals surface area contributed by atoms with Gasteiger partial charge in [0.05, 0.1) is 6.61 Å². The number of carbonyl (C=O) groups excluding carboxylic acids is 1. The SMILES string of the molecule is CN(CCCC(=O)O)C(=O)NCCCOc1ccccc1. The van der Waals surface area contributed by atoms with Crippen molar-refractivity contribution in [1.82, 2.24) is 10.2 Å². The Kier molecular flexibility index (Phi) is 7.71. The number of carboxylic acids is 1. The van der Waals surface area contributed by atoms with E-state index in [2.05, 4.69) is 5.32 Å². The Balaban J connectivity index is 2.06. The second kappa shape index (κ2) is 9.63. The van der Waals surface area contributed by atoms with Crippen LogP contribution in [0.3, 0.4) is 0 Å². The summed E-state index contributed by atoms with van der Waals surface area (Å²) in [5, 5.41) is 11.3. The summed E-state index contributed by atoms with van der Waals surface area (Å²) in [5.41, 5.74) is 0. The second-order valence-electron chi connectivity index (χ2n) is 4.67. The van der Waals surface area contributed by atoms with E-state index < -0.39 is 5.97 Å². The van der Waals surface area contributed by atoms with Gasteiger partial charge in [-0.25, -0.2) is 4.79 Å². The highest BCUT2D eigenvalue weighted by Crippen LogP contribution is 2.08. The number of carbonyl (C=O) groups is 2. The van der Waals surface area contributed by atoms with Crippen LogP contribution in [0.1, 0.15) is 19.3 Å². The molecule has 116 valence electrons. The fourth-order valence-electron chi connectivity index (χ4n) is 1.68. The first-order chi connectivity index (χ1) is 10.1. The lowest BCUT2D eigenvalue weighted by molar-refractivity contribution is -0.137. The van der Waals surface area contributed by atoms with Gasteiger partial charge in [-0.3, -0.25) is 4.79 Å². The minimum Gasteiger partial charge on any atom is -0.494 e. The number of hydrogen-bond acceptors (Lipinski definition) is 3. The molecule has 0 saturated carbocycles. The van der Waals surface area contributed by atoms with Crippen molar-refractivity contribution in [1.29, 1.82) is 0 Å². The third-order valence-corrected chi connectivity index (χ3v) is 2.84. The zero-order chi connectivity index (χ0) is 15.5. The molecule has 6 nitrogen and oxygen atoms in total. The summed E-state index contributed by atoms with van der Waals surface area (Å²) in [7, 11) is 1.65. The quantitative estimate of drug-likeness (QED) is 0.682. The summed E-state index contributed by atoms with van der Waals surface area (Å²) in [5.74, 6) is -0.0310. The van der Waals surface area contributed by atoms with Crippen LogP contribution in [0.4, 0.5) is 4.79 Å². The maximum Gasteiger partial charge on any atom is 0.317 e. The van der Waals surface area contributed by atoms with Crippen molar-refractivity contribution in [2.24, 2.45) is 0 Å². The van der Waals surface area contributed by atoms with Gasteiger partial charge in [0, 0.05) is 26.6 Å². The topological polar surface area (TPSA) is 78.9 Å². The zero-order valence-corrected chi connectivity index (χ0v) is 12.2. The summed E-state index contributed by atoms with van der Waals surface area (Å²) in [4.78, 5) is 23.5. The molecule has 0 aromatic heterocycles. The Bertz CT molecular complexity index is 437. The lowest BCUT2D eigenvalue weighted by Gasteiger charge is -2.17. The number of nitrogens with zero attached hydrogens (tertiary/aromatic N) is 1. The Hall–Kier alpha value is -2.24. The highest BCUT2D eigenvalue weighted by atomic mass is 16.5. The highest BCUT2D eigenvalue weighted by Gasteiger charge is 2.07. The van der Waals surface area contributed by atoms with Gasteiger partial charge < -0.3 is 20.1 Å². The molecular formula is C15H22N2O4. The molecule has 0 fully saturated rings. The number of carboxylic acid groups (broad SMARTS) is 1. The van der Waals surface area contributed by atoms with Gasteiger partial charge in [-0.1, -0.05) is 18.2 Å². The van der Waals surface area contributed by atoms with Crippen LogP contribution in [0.15, 0.2) is 30.3 Å². The standard InChI is InChI=1S/C15H22N2O4/c1-17(11-5-9-14(18)19)15(20)16-10-6-12-21-13-7-3-2-4-8-13/h2-4,7-8H,5-6,9-12H2,1H3,(H,16,20)(H,18,19). The van der Waals surface area contributed by atoms with E-state index in [0.717, 1.165) is 5.75 Å². The van der Waals surface area contributed by atoms with Crippen molar-refractivity contribution >= 4 is 12.0 Å². The molecule has 6 heteroatoms. The molecule has 0 unspecified atom stereocenters. The van der Waals surface area contributed by atoms with E-state index in [-0.39, 0.29) is 12.5 Å². The first kappa shape index (κ1) is 16.8. The number of nitrogens with one attached hydrogen (secondary N) is 1. The van der Waals surface area contributed by atoms with E-state index in [9.17, 15) is 9.59 Å². The Morgan fingerprint density at radius 1 is 1.24 bits per heavy atom. The Labute approximate surface area is 124 Å². The van der Waals surface area contributed by atoms with Crippen molar-refractivity contribution in [3.05, 3.63) is 30.3 Å². The fourth-order valence-corrected chi connectivity index (χ4v) is 1.68. The molecular weight excluding hydrogens is 272 g/mol. The van der Waals surface area contributed by atoms with E-state index in [1.54, 1.807) is 7.05 Å². The number of benzene rings is 1. The molecule has 1 aromatic carbocycles. The minimum atomic E-state index is -0.845.